The van der Waals surface area contributed by atoms with Crippen molar-refractivity contribution in [2.75, 3.05) is 0 Å². The first-order valence-corrected chi connectivity index (χ1v) is 7.57. The number of para-hydroxylation sites is 1. The first kappa shape index (κ1) is 14.5. The van der Waals surface area contributed by atoms with Crippen LogP contribution in [0.1, 0.15) is 5.56 Å². The highest BCUT2D eigenvalue weighted by atomic mass is 35.5. The molecule has 4 aromatic rings. The predicted molar refractivity (Wildman–Crippen MR) is 95.1 cm³/mol. The monoisotopic (exact) mass is 338 g/mol. The number of aromatic nitrogens is 3. The molecular formula is C17H11ClN4O2. The molecule has 0 saturated heterocycles. The van der Waals surface area contributed by atoms with Crippen molar-refractivity contribution in [3.63, 3.8) is 0 Å². The van der Waals surface area contributed by atoms with Crippen LogP contribution in [0.5, 0.6) is 0 Å². The Bertz CT molecular complexity index is 1220. The maximum atomic E-state index is 12.6. The van der Waals surface area contributed by atoms with E-state index in [0.29, 0.717) is 21.6 Å². The van der Waals surface area contributed by atoms with E-state index in [1.54, 1.807) is 24.3 Å². The molecule has 24 heavy (non-hydrogen) atoms. The molecule has 0 aliphatic heterocycles. The number of rotatable bonds is 2. The number of hydrogen-bond donors (Lipinski definition) is 2. The fraction of sp³-hybridized carbons (Fsp3) is 0. The van der Waals surface area contributed by atoms with E-state index in [1.807, 2.05) is 24.3 Å². The number of nitrogens with zero attached hydrogens (tertiary/aromatic N) is 2. The van der Waals surface area contributed by atoms with Gasteiger partial charge in [0.1, 0.15) is 5.52 Å². The highest BCUT2D eigenvalue weighted by molar-refractivity contribution is 6.33. The Morgan fingerprint density at radius 2 is 1.71 bits per heavy atom. The lowest BCUT2D eigenvalue weighted by atomic mass is 10.2. The third-order valence-electron chi connectivity index (χ3n) is 3.75. The maximum Gasteiger partial charge on any atom is 0.350 e. The molecule has 118 valence electrons. The molecule has 0 aliphatic rings. The Kier molecular flexibility index (Phi) is 3.32. The van der Waals surface area contributed by atoms with Crippen LogP contribution in [0.25, 0.3) is 21.9 Å². The van der Waals surface area contributed by atoms with Gasteiger partial charge in [-0.1, -0.05) is 48.0 Å². The molecule has 0 radical (unpaired) electrons. The third-order valence-corrected chi connectivity index (χ3v) is 4.10. The third kappa shape index (κ3) is 2.24. The smallest absolute Gasteiger partial charge is 0.349 e. The average molecular weight is 339 g/mol. The van der Waals surface area contributed by atoms with Gasteiger partial charge in [-0.3, -0.25) is 4.79 Å². The second kappa shape index (κ2) is 5.50. The molecule has 2 aromatic carbocycles. The van der Waals surface area contributed by atoms with Crippen LogP contribution in [-0.2, 0) is 0 Å². The molecule has 2 aromatic heterocycles. The summed E-state index contributed by atoms with van der Waals surface area (Å²) >= 11 is 6.05. The van der Waals surface area contributed by atoms with Gasteiger partial charge in [0, 0.05) is 21.5 Å². The SMILES string of the molecule is O=c1[nH]c2c([nH]c3ccccc32)c(=O)n1/N=C\c1ccccc1Cl. The Balaban J connectivity index is 1.94. The van der Waals surface area contributed by atoms with Gasteiger partial charge < -0.3 is 9.97 Å². The zero-order valence-electron chi connectivity index (χ0n) is 12.3. The predicted octanol–water partition coefficient (Wildman–Crippen LogP) is 2.71. The maximum absolute atomic E-state index is 12.6. The molecule has 0 aliphatic carbocycles. The van der Waals surface area contributed by atoms with E-state index >= 15 is 0 Å². The van der Waals surface area contributed by atoms with Crippen LogP contribution in [-0.4, -0.2) is 20.9 Å². The lowest BCUT2D eigenvalue weighted by Gasteiger charge is -1.99. The van der Waals surface area contributed by atoms with Gasteiger partial charge in [-0.15, -0.1) is 4.68 Å². The summed E-state index contributed by atoms with van der Waals surface area (Å²) in [5.41, 5.74) is 1.03. The summed E-state index contributed by atoms with van der Waals surface area (Å²) in [6.45, 7) is 0. The molecule has 7 heteroatoms. The van der Waals surface area contributed by atoms with Gasteiger partial charge in [-0.05, 0) is 12.1 Å². The van der Waals surface area contributed by atoms with Gasteiger partial charge in [0.25, 0.3) is 0 Å². The fourth-order valence-corrected chi connectivity index (χ4v) is 2.78. The molecule has 0 bridgehead atoms. The van der Waals surface area contributed by atoms with Crippen LogP contribution >= 0.6 is 11.6 Å². The van der Waals surface area contributed by atoms with Crippen molar-refractivity contribution < 1.29 is 0 Å². The molecule has 2 N–H and O–H groups in total. The second-order valence-electron chi connectivity index (χ2n) is 5.23. The summed E-state index contributed by atoms with van der Waals surface area (Å²) in [4.78, 5) is 30.6. The van der Waals surface area contributed by atoms with E-state index in [-0.39, 0.29) is 0 Å². The molecule has 0 atom stereocenters. The standard InChI is InChI=1S/C17H11ClN4O2/c18-12-7-3-1-5-10(12)9-19-22-16(23)15-14(21-17(22)24)11-6-2-4-8-13(11)20-15/h1-9,20H,(H,21,24)/b19-9-. The first-order chi connectivity index (χ1) is 11.6. The quantitative estimate of drug-likeness (QED) is 0.551. The zero-order chi connectivity index (χ0) is 16.7. The molecule has 0 fully saturated rings. The molecule has 0 spiro atoms. The summed E-state index contributed by atoms with van der Waals surface area (Å²) in [5, 5.41) is 5.25. The molecule has 0 saturated carbocycles. The zero-order valence-corrected chi connectivity index (χ0v) is 13.0. The van der Waals surface area contributed by atoms with Crippen molar-refractivity contribution in [1.82, 2.24) is 14.6 Å². The number of benzene rings is 2. The van der Waals surface area contributed by atoms with Gasteiger partial charge in [-0.2, -0.15) is 5.10 Å². The number of nitrogens with one attached hydrogen (secondary N) is 2. The first-order valence-electron chi connectivity index (χ1n) is 7.20. The van der Waals surface area contributed by atoms with E-state index < -0.39 is 11.2 Å². The Morgan fingerprint density at radius 1 is 0.958 bits per heavy atom. The van der Waals surface area contributed by atoms with Gasteiger partial charge in [0.15, 0.2) is 0 Å². The minimum Gasteiger partial charge on any atom is -0.349 e. The Morgan fingerprint density at radius 3 is 2.54 bits per heavy atom. The van der Waals surface area contributed by atoms with Crippen molar-refractivity contribution in [3.8, 4) is 0 Å². The van der Waals surface area contributed by atoms with Crippen molar-refractivity contribution in [2.45, 2.75) is 0 Å². The Hall–Kier alpha value is -3.12. The second-order valence-corrected chi connectivity index (χ2v) is 5.64. The van der Waals surface area contributed by atoms with Gasteiger partial charge >= 0.3 is 11.2 Å². The van der Waals surface area contributed by atoms with Crippen LogP contribution in [0.2, 0.25) is 5.02 Å². The summed E-state index contributed by atoms with van der Waals surface area (Å²) in [6.07, 6.45) is 1.38. The number of aromatic amines is 2. The average Bonchev–Trinajstić information content (AvgIpc) is 2.95. The normalized spacial score (nSPS) is 11.7. The molecule has 0 unspecified atom stereocenters. The van der Waals surface area contributed by atoms with Gasteiger partial charge in [0.05, 0.1) is 11.7 Å². The van der Waals surface area contributed by atoms with Crippen LogP contribution < -0.4 is 11.2 Å². The van der Waals surface area contributed by atoms with Gasteiger partial charge in [0.2, 0.25) is 0 Å². The number of H-pyrrole nitrogens is 2. The lowest BCUT2D eigenvalue weighted by molar-refractivity contribution is 0.770. The van der Waals surface area contributed by atoms with Gasteiger partial charge in [-0.25, -0.2) is 4.79 Å². The van der Waals surface area contributed by atoms with Crippen molar-refractivity contribution >= 4 is 39.8 Å². The minimum absolute atomic E-state index is 0.298. The van der Waals surface area contributed by atoms with Crippen molar-refractivity contribution in [1.29, 1.82) is 0 Å². The molecule has 2 heterocycles. The summed E-state index contributed by atoms with van der Waals surface area (Å²) in [6, 6.07) is 14.4. The minimum atomic E-state index is -0.611. The van der Waals surface area contributed by atoms with E-state index in [4.69, 9.17) is 11.6 Å². The number of fused-ring (bicyclic) bond motifs is 3. The highest BCUT2D eigenvalue weighted by Crippen LogP contribution is 2.19. The fourth-order valence-electron chi connectivity index (χ4n) is 2.59. The van der Waals surface area contributed by atoms with Crippen molar-refractivity contribution in [3.05, 3.63) is 80.0 Å². The van der Waals surface area contributed by atoms with Crippen LogP contribution in [0, 0.1) is 0 Å². The van der Waals surface area contributed by atoms with E-state index in [9.17, 15) is 9.59 Å². The highest BCUT2D eigenvalue weighted by Gasteiger charge is 2.12. The summed E-state index contributed by atoms with van der Waals surface area (Å²) in [7, 11) is 0. The van der Waals surface area contributed by atoms with Crippen LogP contribution in [0.4, 0.5) is 0 Å². The van der Waals surface area contributed by atoms with E-state index in [2.05, 4.69) is 15.1 Å². The summed E-state index contributed by atoms with van der Waals surface area (Å²) < 4.78 is 0.779. The van der Waals surface area contributed by atoms with Crippen molar-refractivity contribution in [2.24, 2.45) is 5.10 Å². The number of halogens is 1. The van der Waals surface area contributed by atoms with E-state index in [0.717, 1.165) is 15.6 Å². The molecule has 0 amide bonds. The van der Waals surface area contributed by atoms with E-state index in [1.165, 1.54) is 6.21 Å². The number of hydrogen-bond acceptors (Lipinski definition) is 3. The Labute approximate surface area is 140 Å². The lowest BCUT2D eigenvalue weighted by Crippen LogP contribution is -2.32. The molecule has 4 rings (SSSR count). The van der Waals surface area contributed by atoms with Crippen LogP contribution in [0.3, 0.4) is 0 Å². The summed E-state index contributed by atoms with van der Waals surface area (Å²) in [5.74, 6) is 0. The molecular weight excluding hydrogens is 328 g/mol. The van der Waals surface area contributed by atoms with Crippen LogP contribution in [0.15, 0.2) is 63.2 Å². The largest absolute Gasteiger partial charge is 0.350 e. The molecule has 6 nitrogen and oxygen atoms in total. The topological polar surface area (TPSA) is 83.0 Å².